The van der Waals surface area contributed by atoms with E-state index in [1.807, 2.05) is 18.2 Å². The van der Waals surface area contributed by atoms with Gasteiger partial charge in [-0.15, -0.1) is 6.42 Å². The molecule has 2 aromatic carbocycles. The molecular formula is C21H17ClN2O3S. The lowest BCUT2D eigenvalue weighted by atomic mass is 10.2. The number of amidine groups is 1. The lowest BCUT2D eigenvalue weighted by Crippen LogP contribution is -2.23. The van der Waals surface area contributed by atoms with Crippen molar-refractivity contribution in [3.05, 3.63) is 58.0 Å². The standard InChI is InChI=1S/C21H17ClN2O3S/c1-4-10-27-17-9-8-14(11-18(17)26-3)12-19-20(25)24(2)21(28-19)23-16-7-5-6-15(22)13-16/h1,5-9,11-13H,10H2,2-3H3/b19-12+,23-21?. The predicted molar refractivity (Wildman–Crippen MR) is 114 cm³/mol. The molecule has 0 bridgehead atoms. The zero-order chi connectivity index (χ0) is 20.1. The maximum Gasteiger partial charge on any atom is 0.266 e. The van der Waals surface area contributed by atoms with Gasteiger partial charge in [0.1, 0.15) is 6.61 Å². The van der Waals surface area contributed by atoms with Crippen LogP contribution in [0.3, 0.4) is 0 Å². The van der Waals surface area contributed by atoms with E-state index in [0.29, 0.717) is 32.3 Å². The molecule has 0 N–H and O–H groups in total. The number of aliphatic imine (C=N–C) groups is 1. The highest BCUT2D eigenvalue weighted by Crippen LogP contribution is 2.35. The molecule has 2 aromatic rings. The summed E-state index contributed by atoms with van der Waals surface area (Å²) in [6.45, 7) is 0.152. The van der Waals surface area contributed by atoms with Gasteiger partial charge >= 0.3 is 0 Å². The molecule has 0 saturated carbocycles. The summed E-state index contributed by atoms with van der Waals surface area (Å²) < 4.78 is 10.8. The minimum Gasteiger partial charge on any atom is -0.493 e. The molecule has 5 nitrogen and oxygen atoms in total. The van der Waals surface area contributed by atoms with E-state index < -0.39 is 0 Å². The van der Waals surface area contributed by atoms with Gasteiger partial charge in [0.15, 0.2) is 16.7 Å². The van der Waals surface area contributed by atoms with Gasteiger partial charge in [-0.3, -0.25) is 9.69 Å². The topological polar surface area (TPSA) is 51.1 Å². The molecule has 0 aromatic heterocycles. The summed E-state index contributed by atoms with van der Waals surface area (Å²) in [6.07, 6.45) is 7.01. The molecule has 7 heteroatoms. The first-order valence-electron chi connectivity index (χ1n) is 8.28. The second kappa shape index (κ2) is 8.87. The minimum absolute atomic E-state index is 0.127. The lowest BCUT2D eigenvalue weighted by molar-refractivity contribution is -0.121. The van der Waals surface area contributed by atoms with Crippen LogP contribution in [-0.2, 0) is 4.79 Å². The summed E-state index contributed by atoms with van der Waals surface area (Å²) in [7, 11) is 3.24. The number of terminal acetylenes is 1. The van der Waals surface area contributed by atoms with Crippen LogP contribution in [0.2, 0.25) is 5.02 Å². The van der Waals surface area contributed by atoms with Gasteiger partial charge in [0.2, 0.25) is 0 Å². The number of carbonyl (C=O) groups is 1. The smallest absolute Gasteiger partial charge is 0.266 e. The quantitative estimate of drug-likeness (QED) is 0.532. The summed E-state index contributed by atoms with van der Waals surface area (Å²) in [5.41, 5.74) is 1.49. The van der Waals surface area contributed by atoms with Gasteiger partial charge in [-0.2, -0.15) is 0 Å². The molecule has 0 unspecified atom stereocenters. The number of benzene rings is 2. The first kappa shape index (κ1) is 19.9. The number of halogens is 1. The Morgan fingerprint density at radius 3 is 2.82 bits per heavy atom. The van der Waals surface area contributed by atoms with Crippen molar-refractivity contribution in [2.45, 2.75) is 0 Å². The number of thioether (sulfide) groups is 1. The zero-order valence-electron chi connectivity index (χ0n) is 15.3. The average Bonchev–Trinajstić information content (AvgIpc) is 2.94. The van der Waals surface area contributed by atoms with Crippen molar-refractivity contribution < 1.29 is 14.3 Å². The minimum atomic E-state index is -0.127. The Labute approximate surface area is 173 Å². The molecular weight excluding hydrogens is 396 g/mol. The van der Waals surface area contributed by atoms with Crippen molar-refractivity contribution in [3.8, 4) is 23.8 Å². The largest absolute Gasteiger partial charge is 0.493 e. The number of nitrogens with zero attached hydrogens (tertiary/aromatic N) is 2. The summed E-state index contributed by atoms with van der Waals surface area (Å²) in [5.74, 6) is 3.38. The Balaban J connectivity index is 1.86. The van der Waals surface area contributed by atoms with E-state index in [-0.39, 0.29) is 12.5 Å². The molecule has 1 amide bonds. The molecule has 0 radical (unpaired) electrons. The van der Waals surface area contributed by atoms with Crippen LogP contribution in [0.5, 0.6) is 11.5 Å². The van der Waals surface area contributed by atoms with Gasteiger partial charge < -0.3 is 9.47 Å². The summed E-state index contributed by atoms with van der Waals surface area (Å²) in [6, 6.07) is 12.6. The van der Waals surface area contributed by atoms with Crippen molar-refractivity contribution in [1.29, 1.82) is 0 Å². The molecule has 3 rings (SSSR count). The third-order valence-electron chi connectivity index (χ3n) is 3.83. The van der Waals surface area contributed by atoms with Crippen LogP contribution in [0.15, 0.2) is 52.4 Å². The number of hydrogen-bond donors (Lipinski definition) is 0. The monoisotopic (exact) mass is 412 g/mol. The normalized spacial score (nSPS) is 16.5. The first-order chi connectivity index (χ1) is 13.5. The van der Waals surface area contributed by atoms with Gasteiger partial charge in [0.25, 0.3) is 5.91 Å². The fourth-order valence-electron chi connectivity index (χ4n) is 2.47. The lowest BCUT2D eigenvalue weighted by Gasteiger charge is -2.09. The van der Waals surface area contributed by atoms with Crippen LogP contribution in [-0.4, -0.2) is 36.7 Å². The zero-order valence-corrected chi connectivity index (χ0v) is 16.9. The van der Waals surface area contributed by atoms with Crippen molar-refractivity contribution in [3.63, 3.8) is 0 Å². The number of ether oxygens (including phenoxy) is 2. The van der Waals surface area contributed by atoms with Crippen LogP contribution in [0.4, 0.5) is 5.69 Å². The van der Waals surface area contributed by atoms with E-state index in [4.69, 9.17) is 27.5 Å². The number of amides is 1. The molecule has 0 spiro atoms. The van der Waals surface area contributed by atoms with E-state index in [0.717, 1.165) is 5.56 Å². The van der Waals surface area contributed by atoms with Gasteiger partial charge in [-0.1, -0.05) is 29.7 Å². The van der Waals surface area contributed by atoms with E-state index in [9.17, 15) is 4.79 Å². The number of rotatable bonds is 5. The Morgan fingerprint density at radius 1 is 1.29 bits per heavy atom. The van der Waals surface area contributed by atoms with Crippen molar-refractivity contribution in [2.75, 3.05) is 20.8 Å². The fraction of sp³-hybridized carbons (Fsp3) is 0.143. The Bertz CT molecular complexity index is 1010. The first-order valence-corrected chi connectivity index (χ1v) is 9.47. The van der Waals surface area contributed by atoms with Crippen molar-refractivity contribution in [1.82, 2.24) is 4.90 Å². The SMILES string of the molecule is C#CCOc1ccc(/C=C2/SC(=Nc3cccc(Cl)c3)N(C)C2=O)cc1OC. The second-order valence-electron chi connectivity index (χ2n) is 5.75. The van der Waals surface area contributed by atoms with Crippen molar-refractivity contribution >= 4 is 46.2 Å². The van der Waals surface area contributed by atoms with Crippen LogP contribution in [0, 0.1) is 12.3 Å². The Hall–Kier alpha value is -2.88. The summed E-state index contributed by atoms with van der Waals surface area (Å²) in [4.78, 5) is 19.2. The van der Waals surface area contributed by atoms with Crippen LogP contribution in [0.25, 0.3) is 6.08 Å². The van der Waals surface area contributed by atoms with Gasteiger partial charge in [0.05, 0.1) is 17.7 Å². The predicted octanol–water partition coefficient (Wildman–Crippen LogP) is 4.59. The number of likely N-dealkylation sites (N-methyl/N-ethyl adjacent to an activating group) is 1. The average molecular weight is 413 g/mol. The molecule has 1 saturated heterocycles. The Kier molecular flexibility index (Phi) is 6.30. The van der Waals surface area contributed by atoms with E-state index >= 15 is 0 Å². The van der Waals surface area contributed by atoms with Gasteiger partial charge in [-0.05, 0) is 53.7 Å². The molecule has 1 fully saturated rings. The van der Waals surface area contributed by atoms with E-state index in [1.165, 1.54) is 16.7 Å². The van der Waals surface area contributed by atoms with E-state index in [2.05, 4.69) is 10.9 Å². The van der Waals surface area contributed by atoms with Crippen molar-refractivity contribution in [2.24, 2.45) is 4.99 Å². The van der Waals surface area contributed by atoms with E-state index in [1.54, 1.807) is 44.5 Å². The highest BCUT2D eigenvalue weighted by atomic mass is 35.5. The molecule has 0 aliphatic carbocycles. The molecule has 0 atom stereocenters. The summed E-state index contributed by atoms with van der Waals surface area (Å²) in [5, 5.41) is 1.17. The highest BCUT2D eigenvalue weighted by Gasteiger charge is 2.30. The Morgan fingerprint density at radius 2 is 2.11 bits per heavy atom. The number of methoxy groups -OCH3 is 1. The number of carbonyl (C=O) groups excluding carboxylic acids is 1. The number of hydrogen-bond acceptors (Lipinski definition) is 5. The third kappa shape index (κ3) is 4.50. The highest BCUT2D eigenvalue weighted by molar-refractivity contribution is 8.18. The maximum atomic E-state index is 12.6. The molecule has 1 heterocycles. The second-order valence-corrected chi connectivity index (χ2v) is 7.20. The molecule has 1 aliphatic rings. The summed E-state index contributed by atoms with van der Waals surface area (Å²) >= 11 is 7.30. The molecule has 28 heavy (non-hydrogen) atoms. The fourth-order valence-corrected chi connectivity index (χ4v) is 3.64. The molecule has 142 valence electrons. The van der Waals surface area contributed by atoms with Crippen LogP contribution in [0.1, 0.15) is 5.56 Å². The van der Waals surface area contributed by atoms with Crippen LogP contribution < -0.4 is 9.47 Å². The van der Waals surface area contributed by atoms with Gasteiger partial charge in [0, 0.05) is 12.1 Å². The van der Waals surface area contributed by atoms with Crippen LogP contribution >= 0.6 is 23.4 Å². The third-order valence-corrected chi connectivity index (χ3v) is 5.13. The molecule has 1 aliphatic heterocycles. The van der Waals surface area contributed by atoms with Gasteiger partial charge in [-0.25, -0.2) is 4.99 Å². The maximum absolute atomic E-state index is 12.6.